The van der Waals surface area contributed by atoms with Gasteiger partial charge in [-0.25, -0.2) is 0 Å². The SMILES string of the molecule is N=C(N)c1cccc2oc3ccc(-c4cc(-c5ccccc5)ccc4-c4ccccc4)cc3c12. The van der Waals surface area contributed by atoms with Gasteiger partial charge in [-0.05, 0) is 57.6 Å². The van der Waals surface area contributed by atoms with Gasteiger partial charge < -0.3 is 10.2 Å². The summed E-state index contributed by atoms with van der Waals surface area (Å²) in [4.78, 5) is 0. The van der Waals surface area contributed by atoms with E-state index in [4.69, 9.17) is 15.6 Å². The summed E-state index contributed by atoms with van der Waals surface area (Å²) >= 11 is 0. The van der Waals surface area contributed by atoms with Crippen molar-refractivity contribution < 1.29 is 4.42 Å². The second-order valence-electron chi connectivity index (χ2n) is 8.40. The van der Waals surface area contributed by atoms with Crippen molar-refractivity contribution in [2.75, 3.05) is 0 Å². The van der Waals surface area contributed by atoms with Crippen LogP contribution in [-0.2, 0) is 0 Å². The Morgan fingerprint density at radius 3 is 2.00 bits per heavy atom. The van der Waals surface area contributed by atoms with E-state index in [9.17, 15) is 0 Å². The monoisotopic (exact) mass is 438 g/mol. The first-order valence-electron chi connectivity index (χ1n) is 11.2. The Morgan fingerprint density at radius 1 is 0.559 bits per heavy atom. The summed E-state index contributed by atoms with van der Waals surface area (Å²) in [7, 11) is 0. The molecule has 3 nitrogen and oxygen atoms in total. The van der Waals surface area contributed by atoms with E-state index >= 15 is 0 Å². The fourth-order valence-electron chi connectivity index (χ4n) is 4.68. The molecule has 0 aliphatic rings. The van der Waals surface area contributed by atoms with E-state index < -0.39 is 0 Å². The van der Waals surface area contributed by atoms with Gasteiger partial charge in [0.2, 0.25) is 0 Å². The standard InChI is InChI=1S/C31H22N2O/c32-31(33)25-12-7-13-29-30(25)27-19-23(15-17-28(27)34-29)26-18-22(20-8-3-1-4-9-20)14-16-24(26)21-10-5-2-6-11-21/h1-19H,(H3,32,33). The van der Waals surface area contributed by atoms with Crippen molar-refractivity contribution in [3.05, 3.63) is 121 Å². The van der Waals surface area contributed by atoms with E-state index in [0.717, 1.165) is 38.6 Å². The topological polar surface area (TPSA) is 63.0 Å². The number of benzene rings is 5. The molecule has 0 saturated heterocycles. The van der Waals surface area contributed by atoms with E-state index in [0.29, 0.717) is 5.56 Å². The Kier molecular flexibility index (Phi) is 4.74. The van der Waals surface area contributed by atoms with Crippen molar-refractivity contribution in [1.29, 1.82) is 5.41 Å². The normalized spacial score (nSPS) is 11.2. The predicted molar refractivity (Wildman–Crippen MR) is 141 cm³/mol. The molecule has 0 fully saturated rings. The van der Waals surface area contributed by atoms with Crippen molar-refractivity contribution in [2.45, 2.75) is 0 Å². The Bertz CT molecular complexity index is 1660. The summed E-state index contributed by atoms with van der Waals surface area (Å²) in [6, 6.07) is 39.5. The molecule has 1 aromatic heterocycles. The van der Waals surface area contributed by atoms with Crippen molar-refractivity contribution in [3.8, 4) is 33.4 Å². The van der Waals surface area contributed by atoms with Crippen LogP contribution >= 0.6 is 0 Å². The van der Waals surface area contributed by atoms with Crippen molar-refractivity contribution in [2.24, 2.45) is 5.73 Å². The zero-order chi connectivity index (χ0) is 23.1. The van der Waals surface area contributed by atoms with Gasteiger partial charge in [-0.2, -0.15) is 0 Å². The fraction of sp³-hybridized carbons (Fsp3) is 0. The van der Waals surface area contributed by atoms with Gasteiger partial charge >= 0.3 is 0 Å². The summed E-state index contributed by atoms with van der Waals surface area (Å²) in [6.07, 6.45) is 0. The van der Waals surface area contributed by atoms with E-state index in [2.05, 4.69) is 78.9 Å². The predicted octanol–water partition coefficient (Wildman–Crippen LogP) is 7.87. The number of hydrogen-bond acceptors (Lipinski definition) is 2. The summed E-state index contributed by atoms with van der Waals surface area (Å²) in [5, 5.41) is 9.90. The quantitative estimate of drug-likeness (QED) is 0.217. The number of fused-ring (bicyclic) bond motifs is 3. The molecule has 0 saturated carbocycles. The second kappa shape index (κ2) is 8.05. The highest BCUT2D eigenvalue weighted by Crippen LogP contribution is 2.39. The zero-order valence-corrected chi connectivity index (χ0v) is 18.5. The molecule has 3 N–H and O–H groups in total. The number of hydrogen-bond donors (Lipinski definition) is 2. The third kappa shape index (κ3) is 3.35. The van der Waals surface area contributed by atoms with Crippen LogP contribution in [0.3, 0.4) is 0 Å². The first kappa shape index (κ1) is 20.0. The highest BCUT2D eigenvalue weighted by Gasteiger charge is 2.16. The van der Waals surface area contributed by atoms with Crippen LogP contribution in [0.5, 0.6) is 0 Å². The van der Waals surface area contributed by atoms with Gasteiger partial charge in [0.05, 0.1) is 0 Å². The summed E-state index contributed by atoms with van der Waals surface area (Å²) in [6.45, 7) is 0. The minimum absolute atomic E-state index is 0.0368. The van der Waals surface area contributed by atoms with Crippen LogP contribution in [-0.4, -0.2) is 5.84 Å². The molecule has 162 valence electrons. The van der Waals surface area contributed by atoms with Gasteiger partial charge in [-0.3, -0.25) is 5.41 Å². The Labute approximate surface area is 197 Å². The maximum absolute atomic E-state index is 8.06. The molecule has 3 heteroatoms. The van der Waals surface area contributed by atoms with Crippen LogP contribution in [0, 0.1) is 5.41 Å². The van der Waals surface area contributed by atoms with Crippen LogP contribution in [0.1, 0.15) is 5.56 Å². The Morgan fingerprint density at radius 2 is 1.26 bits per heavy atom. The van der Waals surface area contributed by atoms with Gasteiger partial charge in [0.25, 0.3) is 0 Å². The molecule has 0 spiro atoms. The molecule has 1 heterocycles. The van der Waals surface area contributed by atoms with Crippen molar-refractivity contribution >= 4 is 27.8 Å². The lowest BCUT2D eigenvalue weighted by Gasteiger charge is -2.13. The molecule has 0 amide bonds. The molecular formula is C31H22N2O. The number of amidine groups is 1. The first-order chi connectivity index (χ1) is 16.7. The van der Waals surface area contributed by atoms with Crippen molar-refractivity contribution in [3.63, 3.8) is 0 Å². The van der Waals surface area contributed by atoms with E-state index in [-0.39, 0.29) is 5.84 Å². The van der Waals surface area contributed by atoms with Crippen LogP contribution in [0.4, 0.5) is 0 Å². The smallest absolute Gasteiger partial charge is 0.136 e. The maximum atomic E-state index is 8.06. The van der Waals surface area contributed by atoms with Crippen LogP contribution in [0.15, 0.2) is 120 Å². The van der Waals surface area contributed by atoms with E-state index in [1.54, 1.807) is 0 Å². The third-order valence-electron chi connectivity index (χ3n) is 6.31. The molecule has 6 rings (SSSR count). The van der Waals surface area contributed by atoms with Crippen molar-refractivity contribution in [1.82, 2.24) is 0 Å². The van der Waals surface area contributed by atoms with E-state index in [1.807, 2.05) is 36.4 Å². The largest absolute Gasteiger partial charge is 0.456 e. The Balaban J connectivity index is 1.63. The summed E-state index contributed by atoms with van der Waals surface area (Å²) < 4.78 is 6.09. The lowest BCUT2D eigenvalue weighted by atomic mass is 9.90. The number of nitrogen functional groups attached to an aromatic ring is 1. The lowest BCUT2D eigenvalue weighted by Crippen LogP contribution is -2.11. The van der Waals surface area contributed by atoms with Gasteiger partial charge in [-0.1, -0.05) is 91.0 Å². The number of nitrogens with one attached hydrogen (secondary N) is 1. The average molecular weight is 439 g/mol. The van der Waals surface area contributed by atoms with Crippen LogP contribution < -0.4 is 5.73 Å². The average Bonchev–Trinajstić information content (AvgIpc) is 3.27. The molecule has 0 aliphatic heterocycles. The minimum atomic E-state index is 0.0368. The molecule has 0 radical (unpaired) electrons. The van der Waals surface area contributed by atoms with Gasteiger partial charge in [0, 0.05) is 16.3 Å². The molecule has 0 aliphatic carbocycles. The van der Waals surface area contributed by atoms with Crippen LogP contribution in [0.25, 0.3) is 55.3 Å². The molecule has 0 bridgehead atoms. The molecule has 6 aromatic rings. The number of nitrogens with two attached hydrogens (primary N) is 1. The highest BCUT2D eigenvalue weighted by atomic mass is 16.3. The molecule has 34 heavy (non-hydrogen) atoms. The van der Waals surface area contributed by atoms with Gasteiger partial charge in [0.15, 0.2) is 0 Å². The molecule has 5 aromatic carbocycles. The zero-order valence-electron chi connectivity index (χ0n) is 18.5. The number of rotatable bonds is 4. The van der Waals surface area contributed by atoms with Gasteiger partial charge in [-0.15, -0.1) is 0 Å². The minimum Gasteiger partial charge on any atom is -0.456 e. The molecule has 0 atom stereocenters. The Hall–Kier alpha value is -4.63. The first-order valence-corrected chi connectivity index (χ1v) is 11.2. The fourth-order valence-corrected chi connectivity index (χ4v) is 4.68. The maximum Gasteiger partial charge on any atom is 0.136 e. The second-order valence-corrected chi connectivity index (χ2v) is 8.40. The summed E-state index contributed by atoms with van der Waals surface area (Å²) in [5.74, 6) is 0.0368. The third-order valence-corrected chi connectivity index (χ3v) is 6.31. The molecular weight excluding hydrogens is 416 g/mol. The van der Waals surface area contributed by atoms with Gasteiger partial charge in [0.1, 0.15) is 17.0 Å². The summed E-state index contributed by atoms with van der Waals surface area (Å²) in [5.41, 5.74) is 15.0. The van der Waals surface area contributed by atoms with E-state index in [1.165, 1.54) is 16.7 Å². The number of furan rings is 1. The molecule has 0 unspecified atom stereocenters. The lowest BCUT2D eigenvalue weighted by molar-refractivity contribution is 0.669. The highest BCUT2D eigenvalue weighted by molar-refractivity contribution is 6.17. The van der Waals surface area contributed by atoms with Crippen LogP contribution in [0.2, 0.25) is 0 Å².